The summed E-state index contributed by atoms with van der Waals surface area (Å²) < 4.78 is 0. The Morgan fingerprint density at radius 1 is 0.769 bits per heavy atom. The molecule has 0 spiro atoms. The van der Waals surface area contributed by atoms with Crippen LogP contribution in [-0.4, -0.2) is 53.6 Å². The molecule has 2 saturated heterocycles. The fourth-order valence-electron chi connectivity index (χ4n) is 2.60. The Bertz CT molecular complexity index is 492. The molecule has 1 aromatic heterocycles. The minimum Gasteiger partial charge on any atom is -1.00 e. The molecule has 0 amide bonds. The molecule has 2 aliphatic heterocycles. The SMILES string of the molecule is C(=NNN1CCCC1)c1cccc(C=NNN2CCCC2)n1.[Cl-].[Cl-].[Cl-].[Fe+3]. The molecule has 2 N–H and O–H groups in total. The van der Waals surface area contributed by atoms with Crippen molar-refractivity contribution in [2.45, 2.75) is 25.7 Å². The molecular weight excluding hydrogens is 440 g/mol. The maximum absolute atomic E-state index is 4.49. The number of nitrogens with zero attached hydrogens (tertiary/aromatic N) is 5. The van der Waals surface area contributed by atoms with Gasteiger partial charge in [-0.1, -0.05) is 6.07 Å². The number of hydrogen-bond donors (Lipinski definition) is 2. The predicted octanol–water partition coefficient (Wildman–Crippen LogP) is -8.04. The van der Waals surface area contributed by atoms with Crippen LogP contribution < -0.4 is 48.3 Å². The molecule has 1 aromatic rings. The average Bonchev–Trinajstić information content (AvgIpc) is 3.21. The van der Waals surface area contributed by atoms with Crippen molar-refractivity contribution >= 4 is 12.4 Å². The van der Waals surface area contributed by atoms with Gasteiger partial charge in [-0.15, -0.1) is 0 Å². The Kier molecular flexibility index (Phi) is 16.4. The number of hydrogen-bond acceptors (Lipinski definition) is 7. The van der Waals surface area contributed by atoms with E-state index in [0.717, 1.165) is 37.6 Å². The van der Waals surface area contributed by atoms with Gasteiger partial charge in [0.15, 0.2) is 0 Å². The molecule has 0 saturated carbocycles. The number of hydrazine groups is 2. The number of rotatable bonds is 6. The van der Waals surface area contributed by atoms with Crippen molar-refractivity contribution in [2.75, 3.05) is 26.2 Å². The number of halogens is 3. The molecule has 0 aromatic carbocycles. The van der Waals surface area contributed by atoms with E-state index in [1.54, 1.807) is 12.4 Å². The molecular formula is C15H23Cl3FeN7. The summed E-state index contributed by atoms with van der Waals surface area (Å²) in [5.41, 5.74) is 7.71. The van der Waals surface area contributed by atoms with Crippen LogP contribution >= 0.6 is 0 Å². The normalized spacial score (nSPS) is 17.2. The van der Waals surface area contributed by atoms with Crippen molar-refractivity contribution in [3.8, 4) is 0 Å². The van der Waals surface area contributed by atoms with E-state index in [4.69, 9.17) is 0 Å². The number of nitrogens with one attached hydrogen (secondary N) is 2. The number of hydrazone groups is 2. The fourth-order valence-corrected chi connectivity index (χ4v) is 2.60. The first-order chi connectivity index (χ1) is 10.9. The molecule has 0 unspecified atom stereocenters. The Labute approximate surface area is 184 Å². The molecule has 11 heteroatoms. The Morgan fingerprint density at radius 3 is 1.54 bits per heavy atom. The maximum atomic E-state index is 4.49. The van der Waals surface area contributed by atoms with Crippen molar-refractivity contribution in [2.24, 2.45) is 10.2 Å². The molecule has 0 atom stereocenters. The summed E-state index contributed by atoms with van der Waals surface area (Å²) in [7, 11) is 0. The minimum atomic E-state index is 0. The Morgan fingerprint density at radius 2 is 1.15 bits per heavy atom. The van der Waals surface area contributed by atoms with Gasteiger partial charge >= 0.3 is 17.1 Å². The van der Waals surface area contributed by atoms with Crippen LogP contribution in [0.1, 0.15) is 37.1 Å². The zero-order valence-corrected chi connectivity index (χ0v) is 17.6. The van der Waals surface area contributed by atoms with E-state index in [9.17, 15) is 0 Å². The third kappa shape index (κ3) is 9.37. The molecule has 2 aliphatic rings. The summed E-state index contributed by atoms with van der Waals surface area (Å²) in [5.74, 6) is 0. The van der Waals surface area contributed by atoms with Crippen molar-refractivity contribution in [3.05, 3.63) is 29.6 Å². The number of pyridine rings is 1. The molecule has 1 radical (unpaired) electrons. The molecule has 0 aliphatic carbocycles. The van der Waals surface area contributed by atoms with Crippen LogP contribution in [0, 0.1) is 0 Å². The monoisotopic (exact) mass is 462 g/mol. The van der Waals surface area contributed by atoms with Crippen molar-refractivity contribution in [1.82, 2.24) is 26.1 Å². The standard InChI is InChI=1S/C15H23N7.3ClH.Fe/c1-2-9-21(8-1)19-16-12-14-6-5-7-15(18-14)13-17-20-22-10-3-4-11-22;;;;/h5-7,12-13,19-20H,1-4,8-11H2;3*1H;/q;;;;+3/p-3. The third-order valence-electron chi connectivity index (χ3n) is 3.80. The van der Waals surface area contributed by atoms with Gasteiger partial charge in [-0.3, -0.25) is 0 Å². The van der Waals surface area contributed by atoms with Gasteiger partial charge in [-0.2, -0.15) is 10.2 Å². The molecule has 3 rings (SSSR count). The van der Waals surface area contributed by atoms with Crippen molar-refractivity contribution in [1.29, 1.82) is 0 Å². The van der Waals surface area contributed by atoms with Gasteiger partial charge in [-0.05, 0) is 37.8 Å². The smallest absolute Gasteiger partial charge is 1.00 e. The van der Waals surface area contributed by atoms with Gasteiger partial charge in [-0.25, -0.2) is 26.1 Å². The first kappa shape index (κ1) is 27.6. The molecule has 2 fully saturated rings. The van der Waals surface area contributed by atoms with E-state index in [1.165, 1.54) is 25.7 Å². The van der Waals surface area contributed by atoms with E-state index in [2.05, 4.69) is 36.3 Å². The summed E-state index contributed by atoms with van der Waals surface area (Å²) in [4.78, 5) is 4.49. The largest absolute Gasteiger partial charge is 3.00 e. The second kappa shape index (κ2) is 15.5. The Hall–Kier alpha value is -0.601. The summed E-state index contributed by atoms with van der Waals surface area (Å²) in [5, 5.41) is 12.7. The van der Waals surface area contributed by atoms with Crippen LogP contribution in [0.5, 0.6) is 0 Å². The third-order valence-corrected chi connectivity index (χ3v) is 3.80. The first-order valence-electron chi connectivity index (χ1n) is 7.94. The molecule has 0 bridgehead atoms. The van der Waals surface area contributed by atoms with Crippen LogP contribution in [0.2, 0.25) is 0 Å². The second-order valence-corrected chi connectivity index (χ2v) is 5.59. The first-order valence-corrected chi connectivity index (χ1v) is 7.94. The van der Waals surface area contributed by atoms with Crippen molar-refractivity contribution in [3.63, 3.8) is 0 Å². The van der Waals surface area contributed by atoms with Gasteiger partial charge in [0, 0.05) is 26.2 Å². The van der Waals surface area contributed by atoms with Crippen molar-refractivity contribution < 1.29 is 54.3 Å². The minimum absolute atomic E-state index is 0. The van der Waals surface area contributed by atoms with Crippen LogP contribution in [-0.2, 0) is 17.1 Å². The molecule has 147 valence electrons. The maximum Gasteiger partial charge on any atom is 3.00 e. The van der Waals surface area contributed by atoms with Gasteiger partial charge in [0.05, 0.1) is 23.8 Å². The zero-order valence-electron chi connectivity index (χ0n) is 14.3. The van der Waals surface area contributed by atoms with E-state index in [-0.39, 0.29) is 54.3 Å². The topological polar surface area (TPSA) is 68.2 Å². The van der Waals surface area contributed by atoms with E-state index in [0.29, 0.717) is 0 Å². The van der Waals surface area contributed by atoms with Gasteiger partial charge in [0.2, 0.25) is 0 Å². The Balaban J connectivity index is 0. The summed E-state index contributed by atoms with van der Waals surface area (Å²) in [6.07, 6.45) is 8.41. The average molecular weight is 464 g/mol. The zero-order chi connectivity index (χ0) is 15.0. The van der Waals surface area contributed by atoms with Gasteiger partial charge in [0.25, 0.3) is 0 Å². The van der Waals surface area contributed by atoms with E-state index < -0.39 is 0 Å². The summed E-state index contributed by atoms with van der Waals surface area (Å²) in [6.45, 7) is 4.22. The van der Waals surface area contributed by atoms with E-state index in [1.807, 2.05) is 18.2 Å². The second-order valence-electron chi connectivity index (χ2n) is 5.59. The van der Waals surface area contributed by atoms with Gasteiger partial charge < -0.3 is 37.2 Å². The fraction of sp³-hybridized carbons (Fsp3) is 0.533. The molecule has 7 nitrogen and oxygen atoms in total. The number of aromatic nitrogens is 1. The van der Waals surface area contributed by atoms with Crippen LogP contribution in [0.4, 0.5) is 0 Å². The summed E-state index contributed by atoms with van der Waals surface area (Å²) >= 11 is 0. The predicted molar refractivity (Wildman–Crippen MR) is 87.3 cm³/mol. The quantitative estimate of drug-likeness (QED) is 0.249. The van der Waals surface area contributed by atoms with Gasteiger partial charge in [0.1, 0.15) is 0 Å². The van der Waals surface area contributed by atoms with Crippen LogP contribution in [0.25, 0.3) is 0 Å². The van der Waals surface area contributed by atoms with E-state index >= 15 is 0 Å². The summed E-state index contributed by atoms with van der Waals surface area (Å²) in [6, 6.07) is 5.82. The molecule has 26 heavy (non-hydrogen) atoms. The van der Waals surface area contributed by atoms with Crippen LogP contribution in [0.3, 0.4) is 0 Å². The van der Waals surface area contributed by atoms with Crippen LogP contribution in [0.15, 0.2) is 28.4 Å². The molecule has 3 heterocycles.